The molecule has 2 N–H and O–H groups in total. The Morgan fingerprint density at radius 1 is 1.35 bits per heavy atom. The second-order valence-electron chi connectivity index (χ2n) is 4.48. The molecule has 0 aliphatic carbocycles. The Morgan fingerprint density at radius 2 is 2.06 bits per heavy atom. The lowest BCUT2D eigenvalue weighted by atomic mass is 10.1. The van der Waals surface area contributed by atoms with Crippen molar-refractivity contribution in [2.75, 3.05) is 13.1 Å². The van der Waals surface area contributed by atoms with Gasteiger partial charge in [0.05, 0.1) is 10.0 Å². The summed E-state index contributed by atoms with van der Waals surface area (Å²) in [5, 5.41) is 0.851. The van der Waals surface area contributed by atoms with Crippen molar-refractivity contribution in [3.05, 3.63) is 33.8 Å². The van der Waals surface area contributed by atoms with Crippen molar-refractivity contribution in [3.63, 3.8) is 0 Å². The van der Waals surface area contributed by atoms with E-state index in [1.54, 1.807) is 23.1 Å². The maximum Gasteiger partial charge on any atom is 0.253 e. The minimum absolute atomic E-state index is 0.0385. The van der Waals surface area contributed by atoms with Crippen LogP contribution in [0.15, 0.2) is 18.2 Å². The monoisotopic (exact) mass is 272 g/mol. The Balaban J connectivity index is 2.17. The number of rotatable bonds is 1. The van der Waals surface area contributed by atoms with Crippen LogP contribution >= 0.6 is 23.2 Å². The van der Waals surface area contributed by atoms with Crippen molar-refractivity contribution in [1.82, 2.24) is 4.90 Å². The number of likely N-dealkylation sites (tertiary alicyclic amines) is 1. The number of hydrogen-bond acceptors (Lipinski definition) is 2. The van der Waals surface area contributed by atoms with E-state index >= 15 is 0 Å². The predicted molar refractivity (Wildman–Crippen MR) is 69.5 cm³/mol. The molecule has 92 valence electrons. The van der Waals surface area contributed by atoms with E-state index in [0.29, 0.717) is 34.6 Å². The zero-order chi connectivity index (χ0) is 12.6. The topological polar surface area (TPSA) is 46.3 Å². The number of carbonyl (C=O) groups excluding carboxylic acids is 1. The first-order valence-electron chi connectivity index (χ1n) is 5.49. The average Bonchev–Trinajstić information content (AvgIpc) is 2.62. The van der Waals surface area contributed by atoms with Crippen LogP contribution < -0.4 is 5.73 Å². The number of benzene rings is 1. The first-order valence-corrected chi connectivity index (χ1v) is 6.24. The van der Waals surface area contributed by atoms with Crippen LogP contribution in [0.5, 0.6) is 0 Å². The van der Waals surface area contributed by atoms with E-state index in [9.17, 15) is 4.79 Å². The highest BCUT2D eigenvalue weighted by Gasteiger charge is 2.30. The molecule has 2 rings (SSSR count). The Bertz CT molecular complexity index is 440. The highest BCUT2D eigenvalue weighted by molar-refractivity contribution is 6.42. The van der Waals surface area contributed by atoms with E-state index < -0.39 is 0 Å². The standard InChI is InChI=1S/C12H14Cl2N2O/c1-7-5-16(6-11(7)15)12(17)8-2-3-9(13)10(14)4-8/h2-4,7,11H,5-6,15H2,1H3. The van der Waals surface area contributed by atoms with Crippen LogP contribution in [0.2, 0.25) is 10.0 Å². The van der Waals surface area contributed by atoms with Gasteiger partial charge < -0.3 is 10.6 Å². The van der Waals surface area contributed by atoms with E-state index in [1.165, 1.54) is 0 Å². The van der Waals surface area contributed by atoms with Crippen LogP contribution in [-0.2, 0) is 0 Å². The lowest BCUT2D eigenvalue weighted by Crippen LogP contribution is -2.32. The fraction of sp³-hybridized carbons (Fsp3) is 0.417. The van der Waals surface area contributed by atoms with Gasteiger partial charge in [-0.25, -0.2) is 0 Å². The van der Waals surface area contributed by atoms with Crippen molar-refractivity contribution in [2.45, 2.75) is 13.0 Å². The average molecular weight is 273 g/mol. The number of halogens is 2. The van der Waals surface area contributed by atoms with Gasteiger partial charge in [0.2, 0.25) is 0 Å². The van der Waals surface area contributed by atoms with Crippen LogP contribution in [0.25, 0.3) is 0 Å². The lowest BCUT2D eigenvalue weighted by Gasteiger charge is -2.16. The first kappa shape index (κ1) is 12.7. The van der Waals surface area contributed by atoms with Crippen LogP contribution in [-0.4, -0.2) is 29.9 Å². The van der Waals surface area contributed by atoms with Gasteiger partial charge in [0.15, 0.2) is 0 Å². The van der Waals surface area contributed by atoms with Gasteiger partial charge in [0, 0.05) is 24.7 Å². The molecule has 5 heteroatoms. The molecule has 1 aliphatic rings. The molecule has 1 amide bonds. The summed E-state index contributed by atoms with van der Waals surface area (Å²) in [6.07, 6.45) is 0. The van der Waals surface area contributed by atoms with Crippen molar-refractivity contribution in [3.8, 4) is 0 Å². The fourth-order valence-electron chi connectivity index (χ4n) is 1.97. The van der Waals surface area contributed by atoms with Gasteiger partial charge in [-0.2, -0.15) is 0 Å². The minimum atomic E-state index is -0.0385. The number of hydrogen-bond donors (Lipinski definition) is 1. The van der Waals surface area contributed by atoms with Crippen molar-refractivity contribution < 1.29 is 4.79 Å². The summed E-state index contributed by atoms with van der Waals surface area (Å²) in [5.74, 6) is 0.296. The molecular formula is C12H14Cl2N2O. The van der Waals surface area contributed by atoms with Crippen molar-refractivity contribution in [1.29, 1.82) is 0 Å². The third-order valence-electron chi connectivity index (χ3n) is 3.12. The molecule has 2 unspecified atom stereocenters. The molecule has 3 nitrogen and oxygen atoms in total. The van der Waals surface area contributed by atoms with E-state index in [2.05, 4.69) is 0 Å². The Labute approximate surface area is 110 Å². The minimum Gasteiger partial charge on any atom is -0.337 e. The third-order valence-corrected chi connectivity index (χ3v) is 3.86. The van der Waals surface area contributed by atoms with E-state index in [0.717, 1.165) is 0 Å². The van der Waals surface area contributed by atoms with Crippen LogP contribution in [0.1, 0.15) is 17.3 Å². The molecule has 1 aromatic carbocycles. The third kappa shape index (κ3) is 2.57. The van der Waals surface area contributed by atoms with Crippen molar-refractivity contribution in [2.24, 2.45) is 11.7 Å². The predicted octanol–water partition coefficient (Wildman–Crippen LogP) is 2.41. The lowest BCUT2D eigenvalue weighted by molar-refractivity contribution is 0.0787. The quantitative estimate of drug-likeness (QED) is 0.854. The van der Waals surface area contributed by atoms with Gasteiger partial charge in [0.1, 0.15) is 0 Å². The smallest absolute Gasteiger partial charge is 0.253 e. The first-order chi connectivity index (χ1) is 7.99. The molecule has 2 atom stereocenters. The van der Waals surface area contributed by atoms with Crippen LogP contribution in [0, 0.1) is 5.92 Å². The largest absolute Gasteiger partial charge is 0.337 e. The van der Waals surface area contributed by atoms with Crippen LogP contribution in [0.4, 0.5) is 0 Å². The maximum atomic E-state index is 12.2. The fourth-order valence-corrected chi connectivity index (χ4v) is 2.27. The summed E-state index contributed by atoms with van der Waals surface area (Å²) in [6.45, 7) is 3.34. The second kappa shape index (κ2) is 4.84. The summed E-state index contributed by atoms with van der Waals surface area (Å²) in [4.78, 5) is 13.9. The van der Waals surface area contributed by atoms with Gasteiger partial charge in [-0.1, -0.05) is 30.1 Å². The van der Waals surface area contributed by atoms with Gasteiger partial charge in [-0.3, -0.25) is 4.79 Å². The molecule has 0 aromatic heterocycles. The van der Waals surface area contributed by atoms with Gasteiger partial charge >= 0.3 is 0 Å². The molecule has 1 fully saturated rings. The van der Waals surface area contributed by atoms with Gasteiger partial charge in [-0.05, 0) is 24.1 Å². The van der Waals surface area contributed by atoms with E-state index in [1.807, 2.05) is 6.92 Å². The highest BCUT2D eigenvalue weighted by Crippen LogP contribution is 2.24. The van der Waals surface area contributed by atoms with E-state index in [-0.39, 0.29) is 11.9 Å². The highest BCUT2D eigenvalue weighted by atomic mass is 35.5. The molecule has 17 heavy (non-hydrogen) atoms. The summed E-state index contributed by atoms with van der Waals surface area (Å²) in [5.41, 5.74) is 6.45. The Hall–Kier alpha value is -0.770. The summed E-state index contributed by atoms with van der Waals surface area (Å²) >= 11 is 11.7. The zero-order valence-corrected chi connectivity index (χ0v) is 11.0. The SMILES string of the molecule is CC1CN(C(=O)c2ccc(Cl)c(Cl)c2)CC1N. The normalized spacial score (nSPS) is 24.1. The molecule has 0 bridgehead atoms. The zero-order valence-electron chi connectivity index (χ0n) is 9.49. The van der Waals surface area contributed by atoms with Gasteiger partial charge in [0.25, 0.3) is 5.91 Å². The Kier molecular flexibility index (Phi) is 3.61. The molecule has 1 aromatic rings. The molecule has 0 saturated carbocycles. The molecule has 1 saturated heterocycles. The Morgan fingerprint density at radius 3 is 2.59 bits per heavy atom. The molecule has 1 aliphatic heterocycles. The number of nitrogens with zero attached hydrogens (tertiary/aromatic N) is 1. The van der Waals surface area contributed by atoms with Crippen molar-refractivity contribution >= 4 is 29.1 Å². The van der Waals surface area contributed by atoms with E-state index in [4.69, 9.17) is 28.9 Å². The summed E-state index contributed by atoms with van der Waals surface area (Å²) in [7, 11) is 0. The van der Waals surface area contributed by atoms with Gasteiger partial charge in [-0.15, -0.1) is 0 Å². The molecule has 1 heterocycles. The molecular weight excluding hydrogens is 259 g/mol. The summed E-state index contributed by atoms with van der Waals surface area (Å²) in [6, 6.07) is 4.98. The number of carbonyl (C=O) groups is 1. The molecule has 0 radical (unpaired) electrons. The number of amides is 1. The summed E-state index contributed by atoms with van der Waals surface area (Å²) < 4.78 is 0. The maximum absolute atomic E-state index is 12.2. The van der Waals surface area contributed by atoms with Crippen LogP contribution in [0.3, 0.4) is 0 Å². The number of nitrogens with two attached hydrogens (primary N) is 1. The second-order valence-corrected chi connectivity index (χ2v) is 5.29. The molecule has 0 spiro atoms.